The summed E-state index contributed by atoms with van der Waals surface area (Å²) in [6.45, 7) is 3.91. The van der Waals surface area contributed by atoms with Crippen LogP contribution in [0, 0.1) is 6.92 Å². The average molecular weight is 340 g/mol. The maximum atomic E-state index is 12.3. The van der Waals surface area contributed by atoms with E-state index in [0.29, 0.717) is 17.8 Å². The second-order valence-corrected chi connectivity index (χ2v) is 5.70. The lowest BCUT2D eigenvalue weighted by atomic mass is 10.1. The van der Waals surface area contributed by atoms with E-state index in [9.17, 15) is 4.79 Å². The molecule has 1 aromatic carbocycles. The lowest BCUT2D eigenvalue weighted by molar-refractivity contribution is 0.0902. The number of rotatable bonds is 5. The van der Waals surface area contributed by atoms with Gasteiger partial charge in [-0.25, -0.2) is 0 Å². The lowest BCUT2D eigenvalue weighted by Crippen LogP contribution is -2.35. The van der Waals surface area contributed by atoms with Crippen LogP contribution < -0.4 is 5.32 Å². The van der Waals surface area contributed by atoms with Gasteiger partial charge < -0.3 is 14.8 Å². The molecule has 1 heterocycles. The van der Waals surface area contributed by atoms with Crippen LogP contribution in [0.3, 0.4) is 0 Å². The number of carbonyl (C=O) groups excluding carboxylic acids is 1. The fourth-order valence-corrected chi connectivity index (χ4v) is 2.56. The van der Waals surface area contributed by atoms with Crippen LogP contribution in [0.4, 0.5) is 0 Å². The van der Waals surface area contributed by atoms with Crippen molar-refractivity contribution in [3.05, 3.63) is 34.0 Å². The SMILES string of the molecule is CCC(CCO)NC(=O)c1oc2ccc(Br)cc2c1C. The van der Waals surface area contributed by atoms with Gasteiger partial charge in [0.15, 0.2) is 5.76 Å². The zero-order valence-corrected chi connectivity index (χ0v) is 13.2. The first-order valence-electron chi connectivity index (χ1n) is 6.67. The molecule has 2 rings (SSSR count). The molecule has 0 aliphatic heterocycles. The Hall–Kier alpha value is -1.33. The van der Waals surface area contributed by atoms with Crippen molar-refractivity contribution in [2.24, 2.45) is 0 Å². The van der Waals surface area contributed by atoms with Crippen LogP contribution >= 0.6 is 15.9 Å². The molecule has 1 unspecified atom stereocenters. The highest BCUT2D eigenvalue weighted by molar-refractivity contribution is 9.10. The monoisotopic (exact) mass is 339 g/mol. The second kappa shape index (κ2) is 6.41. The highest BCUT2D eigenvalue weighted by Crippen LogP contribution is 2.28. The Bertz CT molecular complexity index is 621. The number of aryl methyl sites for hydroxylation is 1. The highest BCUT2D eigenvalue weighted by Gasteiger charge is 2.19. The molecule has 0 bridgehead atoms. The standard InChI is InChI=1S/C15H18BrNO3/c1-3-11(6-7-18)17-15(19)14-9(2)12-8-10(16)4-5-13(12)20-14/h4-5,8,11,18H,3,6-7H2,1-2H3,(H,17,19). The third-order valence-corrected chi connectivity index (χ3v) is 3.90. The molecule has 0 radical (unpaired) electrons. The van der Waals surface area contributed by atoms with Crippen molar-refractivity contribution in [2.75, 3.05) is 6.61 Å². The average Bonchev–Trinajstić information content (AvgIpc) is 2.75. The first kappa shape index (κ1) is 15.1. The van der Waals surface area contributed by atoms with Crippen molar-refractivity contribution < 1.29 is 14.3 Å². The molecule has 1 atom stereocenters. The zero-order valence-electron chi connectivity index (χ0n) is 11.6. The van der Waals surface area contributed by atoms with Gasteiger partial charge in [0, 0.05) is 28.1 Å². The molecule has 0 aliphatic carbocycles. The molecule has 4 nitrogen and oxygen atoms in total. The number of carbonyl (C=O) groups is 1. The number of halogens is 1. The molecule has 20 heavy (non-hydrogen) atoms. The van der Waals surface area contributed by atoms with Gasteiger partial charge in [0.2, 0.25) is 0 Å². The van der Waals surface area contributed by atoms with Gasteiger partial charge in [-0.05, 0) is 38.0 Å². The quantitative estimate of drug-likeness (QED) is 0.877. The van der Waals surface area contributed by atoms with E-state index in [1.165, 1.54) is 0 Å². The van der Waals surface area contributed by atoms with Crippen molar-refractivity contribution in [2.45, 2.75) is 32.7 Å². The van der Waals surface area contributed by atoms with Crippen molar-refractivity contribution in [1.29, 1.82) is 0 Å². The van der Waals surface area contributed by atoms with Crippen molar-refractivity contribution in [3.8, 4) is 0 Å². The third-order valence-electron chi connectivity index (χ3n) is 3.41. The maximum Gasteiger partial charge on any atom is 0.287 e. The minimum absolute atomic E-state index is 0.0353. The largest absolute Gasteiger partial charge is 0.451 e. The number of hydrogen-bond donors (Lipinski definition) is 2. The Morgan fingerprint density at radius 2 is 2.25 bits per heavy atom. The smallest absolute Gasteiger partial charge is 0.287 e. The fraction of sp³-hybridized carbons (Fsp3) is 0.400. The minimum atomic E-state index is -0.227. The topological polar surface area (TPSA) is 62.5 Å². The number of benzene rings is 1. The van der Waals surface area contributed by atoms with Gasteiger partial charge in [-0.2, -0.15) is 0 Å². The maximum absolute atomic E-state index is 12.3. The number of fused-ring (bicyclic) bond motifs is 1. The number of aliphatic hydroxyl groups excluding tert-OH is 1. The van der Waals surface area contributed by atoms with Gasteiger partial charge in [0.25, 0.3) is 5.91 Å². The first-order chi connectivity index (χ1) is 9.56. The number of amides is 1. The summed E-state index contributed by atoms with van der Waals surface area (Å²) < 4.78 is 6.60. The van der Waals surface area contributed by atoms with E-state index in [1.807, 2.05) is 32.0 Å². The molecule has 1 amide bonds. The van der Waals surface area contributed by atoms with Crippen LogP contribution in [-0.4, -0.2) is 23.7 Å². The van der Waals surface area contributed by atoms with E-state index in [2.05, 4.69) is 21.2 Å². The van der Waals surface area contributed by atoms with Crippen LogP contribution in [0.5, 0.6) is 0 Å². The Balaban J connectivity index is 2.28. The number of aliphatic hydroxyl groups is 1. The summed E-state index contributed by atoms with van der Waals surface area (Å²) in [5.41, 5.74) is 1.53. The van der Waals surface area contributed by atoms with Gasteiger partial charge in [-0.1, -0.05) is 22.9 Å². The van der Waals surface area contributed by atoms with E-state index in [-0.39, 0.29) is 18.6 Å². The number of nitrogens with one attached hydrogen (secondary N) is 1. The van der Waals surface area contributed by atoms with Crippen LogP contribution in [0.15, 0.2) is 27.1 Å². The second-order valence-electron chi connectivity index (χ2n) is 4.79. The molecule has 5 heteroatoms. The molecule has 1 aromatic heterocycles. The summed E-state index contributed by atoms with van der Waals surface area (Å²) >= 11 is 3.41. The number of hydrogen-bond acceptors (Lipinski definition) is 3. The Morgan fingerprint density at radius 1 is 1.50 bits per heavy atom. The van der Waals surface area contributed by atoms with Crippen molar-refractivity contribution in [1.82, 2.24) is 5.32 Å². The van der Waals surface area contributed by atoms with Gasteiger partial charge in [-0.3, -0.25) is 4.79 Å². The fourth-order valence-electron chi connectivity index (χ4n) is 2.19. The summed E-state index contributed by atoms with van der Waals surface area (Å²) in [4.78, 5) is 12.3. The Labute approximate surface area is 126 Å². The molecule has 108 valence electrons. The van der Waals surface area contributed by atoms with E-state index in [4.69, 9.17) is 9.52 Å². The number of furan rings is 1. The third kappa shape index (κ3) is 3.04. The van der Waals surface area contributed by atoms with E-state index >= 15 is 0 Å². The summed E-state index contributed by atoms with van der Waals surface area (Å²) in [5.74, 6) is 0.115. The molecule has 0 spiro atoms. The highest BCUT2D eigenvalue weighted by atomic mass is 79.9. The van der Waals surface area contributed by atoms with E-state index < -0.39 is 0 Å². The molecule has 0 saturated carbocycles. The molecular formula is C15H18BrNO3. The molecule has 2 N–H and O–H groups in total. The van der Waals surface area contributed by atoms with Crippen molar-refractivity contribution >= 4 is 32.8 Å². The predicted molar refractivity (Wildman–Crippen MR) is 81.9 cm³/mol. The normalized spacial score (nSPS) is 12.6. The lowest BCUT2D eigenvalue weighted by Gasteiger charge is -2.14. The molecule has 0 fully saturated rings. The first-order valence-corrected chi connectivity index (χ1v) is 7.46. The zero-order chi connectivity index (χ0) is 14.7. The summed E-state index contributed by atoms with van der Waals surface area (Å²) in [5, 5.41) is 12.8. The molecule has 0 saturated heterocycles. The van der Waals surface area contributed by atoms with Gasteiger partial charge in [0.1, 0.15) is 5.58 Å². The molecule has 0 aliphatic rings. The van der Waals surface area contributed by atoms with Gasteiger partial charge >= 0.3 is 0 Å². The van der Waals surface area contributed by atoms with E-state index in [0.717, 1.165) is 21.8 Å². The predicted octanol–water partition coefficient (Wildman–Crippen LogP) is 3.39. The summed E-state index contributed by atoms with van der Waals surface area (Å²) in [6, 6.07) is 5.63. The summed E-state index contributed by atoms with van der Waals surface area (Å²) in [7, 11) is 0. The van der Waals surface area contributed by atoms with Crippen LogP contribution in [0.25, 0.3) is 11.0 Å². The Morgan fingerprint density at radius 3 is 2.90 bits per heavy atom. The van der Waals surface area contributed by atoms with Gasteiger partial charge in [-0.15, -0.1) is 0 Å². The van der Waals surface area contributed by atoms with Crippen LogP contribution in [-0.2, 0) is 0 Å². The van der Waals surface area contributed by atoms with Crippen molar-refractivity contribution in [3.63, 3.8) is 0 Å². The van der Waals surface area contributed by atoms with Gasteiger partial charge in [0.05, 0.1) is 0 Å². The van der Waals surface area contributed by atoms with Crippen LogP contribution in [0.2, 0.25) is 0 Å². The Kier molecular flexibility index (Phi) is 4.83. The molecular weight excluding hydrogens is 322 g/mol. The van der Waals surface area contributed by atoms with E-state index in [1.54, 1.807) is 0 Å². The summed E-state index contributed by atoms with van der Waals surface area (Å²) in [6.07, 6.45) is 1.32. The van der Waals surface area contributed by atoms with Crippen LogP contribution in [0.1, 0.15) is 35.9 Å². The minimum Gasteiger partial charge on any atom is -0.451 e. The molecule has 2 aromatic rings.